The second-order valence-corrected chi connectivity index (χ2v) is 8.39. The zero-order chi connectivity index (χ0) is 23.4. The first-order valence-corrected chi connectivity index (χ1v) is 10.6. The molecule has 2 aromatic carbocycles. The Balaban J connectivity index is 1.61. The molecule has 2 heterocycles. The molecule has 1 aliphatic rings. The van der Waals surface area contributed by atoms with Gasteiger partial charge in [-0.15, -0.1) is 0 Å². The largest absolute Gasteiger partial charge is 0.497 e. The molecule has 0 saturated heterocycles. The van der Waals surface area contributed by atoms with Crippen molar-refractivity contribution in [3.8, 4) is 11.5 Å². The number of rotatable bonds is 6. The number of hydrogen-bond acceptors (Lipinski definition) is 5. The van der Waals surface area contributed by atoms with Gasteiger partial charge in [-0.25, -0.2) is 0 Å². The van der Waals surface area contributed by atoms with E-state index in [9.17, 15) is 9.59 Å². The Bertz CT molecular complexity index is 1170. The van der Waals surface area contributed by atoms with Crippen LogP contribution in [-0.2, 0) is 4.79 Å². The van der Waals surface area contributed by atoms with Crippen LogP contribution in [0.5, 0.6) is 11.5 Å². The molecule has 0 bridgehead atoms. The first kappa shape index (κ1) is 22.2. The SMILES string of the molecule is COc1ccc2c(c1)OC(C)(C)C[C@@H]2NC(=O)/C(=C/c1ccco1)NC(=O)c1ccccc1. The summed E-state index contributed by atoms with van der Waals surface area (Å²) < 4.78 is 16.8. The number of benzene rings is 2. The van der Waals surface area contributed by atoms with E-state index in [1.807, 2.05) is 38.1 Å². The monoisotopic (exact) mass is 446 g/mol. The maximum Gasteiger partial charge on any atom is 0.268 e. The highest BCUT2D eigenvalue weighted by Crippen LogP contribution is 2.41. The summed E-state index contributed by atoms with van der Waals surface area (Å²) >= 11 is 0. The molecule has 1 aliphatic heterocycles. The Kier molecular flexibility index (Phi) is 6.22. The Hall–Kier alpha value is -4.00. The Labute approximate surface area is 192 Å². The van der Waals surface area contributed by atoms with Crippen LogP contribution in [0.2, 0.25) is 0 Å². The number of fused-ring (bicyclic) bond motifs is 1. The molecular formula is C26H26N2O5. The highest BCUT2D eigenvalue weighted by molar-refractivity contribution is 6.05. The van der Waals surface area contributed by atoms with Crippen molar-refractivity contribution in [2.24, 2.45) is 0 Å². The standard InChI is InChI=1S/C26H26N2O5/c1-26(2)16-22(20-12-11-18(31-3)15-23(20)33-26)28-25(30)21(14-19-10-7-13-32-19)27-24(29)17-8-5-4-6-9-17/h4-15,22H,16H2,1-3H3,(H,27,29)(H,28,30)/b21-14-/t22-/m0/s1. The predicted molar refractivity (Wildman–Crippen MR) is 124 cm³/mol. The van der Waals surface area contributed by atoms with E-state index in [-0.39, 0.29) is 17.6 Å². The molecule has 1 aromatic heterocycles. The van der Waals surface area contributed by atoms with Crippen molar-refractivity contribution in [1.82, 2.24) is 10.6 Å². The van der Waals surface area contributed by atoms with E-state index in [0.717, 1.165) is 5.56 Å². The minimum Gasteiger partial charge on any atom is -0.497 e. The van der Waals surface area contributed by atoms with Crippen molar-refractivity contribution >= 4 is 17.9 Å². The van der Waals surface area contributed by atoms with Gasteiger partial charge in [-0.2, -0.15) is 0 Å². The summed E-state index contributed by atoms with van der Waals surface area (Å²) in [6.45, 7) is 3.93. The van der Waals surface area contributed by atoms with Crippen molar-refractivity contribution < 1.29 is 23.5 Å². The lowest BCUT2D eigenvalue weighted by Gasteiger charge is -2.38. The fraction of sp³-hybridized carbons (Fsp3) is 0.231. The lowest BCUT2D eigenvalue weighted by Crippen LogP contribution is -2.43. The van der Waals surface area contributed by atoms with Crippen LogP contribution < -0.4 is 20.1 Å². The van der Waals surface area contributed by atoms with Crippen molar-refractivity contribution in [3.63, 3.8) is 0 Å². The van der Waals surface area contributed by atoms with Crippen molar-refractivity contribution in [1.29, 1.82) is 0 Å². The van der Waals surface area contributed by atoms with Gasteiger partial charge in [0.25, 0.3) is 11.8 Å². The molecule has 0 unspecified atom stereocenters. The number of nitrogens with one attached hydrogen (secondary N) is 2. The van der Waals surface area contributed by atoms with E-state index in [2.05, 4.69) is 10.6 Å². The minimum atomic E-state index is -0.504. The third-order valence-electron chi connectivity index (χ3n) is 5.34. The van der Waals surface area contributed by atoms with E-state index < -0.39 is 11.5 Å². The maximum absolute atomic E-state index is 13.3. The Morgan fingerprint density at radius 3 is 2.58 bits per heavy atom. The summed E-state index contributed by atoms with van der Waals surface area (Å²) in [5.41, 5.74) is 0.865. The van der Waals surface area contributed by atoms with Crippen LogP contribution in [-0.4, -0.2) is 24.5 Å². The van der Waals surface area contributed by atoms with E-state index >= 15 is 0 Å². The van der Waals surface area contributed by atoms with Crippen LogP contribution >= 0.6 is 0 Å². The van der Waals surface area contributed by atoms with Crippen molar-refractivity contribution in [3.05, 3.63) is 89.5 Å². The molecule has 0 saturated carbocycles. The van der Waals surface area contributed by atoms with E-state index in [4.69, 9.17) is 13.9 Å². The van der Waals surface area contributed by atoms with Gasteiger partial charge in [-0.05, 0) is 50.2 Å². The summed E-state index contributed by atoms with van der Waals surface area (Å²) in [6, 6.07) is 17.3. The summed E-state index contributed by atoms with van der Waals surface area (Å²) in [7, 11) is 1.59. The summed E-state index contributed by atoms with van der Waals surface area (Å²) in [5, 5.41) is 5.78. The fourth-order valence-electron chi connectivity index (χ4n) is 3.78. The average molecular weight is 447 g/mol. The summed E-state index contributed by atoms with van der Waals surface area (Å²) in [5.74, 6) is 0.956. The molecule has 1 atom stereocenters. The molecule has 0 fully saturated rings. The topological polar surface area (TPSA) is 89.8 Å². The maximum atomic E-state index is 13.3. The van der Waals surface area contributed by atoms with Gasteiger partial charge < -0.3 is 24.5 Å². The van der Waals surface area contributed by atoms with Crippen molar-refractivity contribution in [2.45, 2.75) is 31.9 Å². The number of amides is 2. The van der Waals surface area contributed by atoms with Gasteiger partial charge >= 0.3 is 0 Å². The van der Waals surface area contributed by atoms with Crippen LogP contribution in [0.4, 0.5) is 0 Å². The number of hydrogen-bond donors (Lipinski definition) is 2. The van der Waals surface area contributed by atoms with Gasteiger partial charge in [0.05, 0.1) is 19.4 Å². The first-order valence-electron chi connectivity index (χ1n) is 10.6. The molecule has 0 radical (unpaired) electrons. The van der Waals surface area contributed by atoms with E-state index in [1.54, 1.807) is 43.5 Å². The van der Waals surface area contributed by atoms with Crippen LogP contribution in [0.3, 0.4) is 0 Å². The fourth-order valence-corrected chi connectivity index (χ4v) is 3.78. The molecule has 0 spiro atoms. The Morgan fingerprint density at radius 1 is 1.09 bits per heavy atom. The molecule has 0 aliphatic carbocycles. The lowest BCUT2D eigenvalue weighted by molar-refractivity contribution is -0.119. The normalized spacial score (nSPS) is 16.8. The van der Waals surface area contributed by atoms with Crippen LogP contribution in [0.15, 0.2) is 77.0 Å². The summed E-state index contributed by atoms with van der Waals surface area (Å²) in [6.07, 6.45) is 3.57. The number of ether oxygens (including phenoxy) is 2. The van der Waals surface area contributed by atoms with Crippen LogP contribution in [0.1, 0.15) is 48.0 Å². The van der Waals surface area contributed by atoms with Gasteiger partial charge in [0.15, 0.2) is 0 Å². The van der Waals surface area contributed by atoms with Gasteiger partial charge in [0.1, 0.15) is 28.6 Å². The second kappa shape index (κ2) is 9.24. The molecule has 2 N–H and O–H groups in total. The molecule has 2 amide bonds. The zero-order valence-corrected chi connectivity index (χ0v) is 18.8. The molecule has 170 valence electrons. The van der Waals surface area contributed by atoms with Crippen LogP contribution in [0, 0.1) is 0 Å². The second-order valence-electron chi connectivity index (χ2n) is 8.39. The molecule has 33 heavy (non-hydrogen) atoms. The van der Waals surface area contributed by atoms with Gasteiger partial charge in [-0.1, -0.05) is 18.2 Å². The smallest absolute Gasteiger partial charge is 0.268 e. The van der Waals surface area contributed by atoms with E-state index in [0.29, 0.717) is 29.2 Å². The summed E-state index contributed by atoms with van der Waals surface area (Å²) in [4.78, 5) is 26.1. The Morgan fingerprint density at radius 2 is 1.88 bits per heavy atom. The van der Waals surface area contributed by atoms with Crippen LogP contribution in [0.25, 0.3) is 6.08 Å². The van der Waals surface area contributed by atoms with E-state index in [1.165, 1.54) is 12.3 Å². The molecule has 7 heteroatoms. The lowest BCUT2D eigenvalue weighted by atomic mass is 9.89. The van der Waals surface area contributed by atoms with Gasteiger partial charge in [-0.3, -0.25) is 9.59 Å². The third-order valence-corrected chi connectivity index (χ3v) is 5.34. The predicted octanol–water partition coefficient (Wildman–Crippen LogP) is 4.48. The molecule has 4 rings (SSSR count). The number of carbonyl (C=O) groups excluding carboxylic acids is 2. The average Bonchev–Trinajstić information content (AvgIpc) is 3.31. The first-order chi connectivity index (χ1) is 15.8. The number of carbonyl (C=O) groups is 2. The molecule has 7 nitrogen and oxygen atoms in total. The minimum absolute atomic E-state index is 0.0816. The highest BCUT2D eigenvalue weighted by atomic mass is 16.5. The quantitative estimate of drug-likeness (QED) is 0.545. The van der Waals surface area contributed by atoms with Gasteiger partial charge in [0, 0.05) is 29.7 Å². The van der Waals surface area contributed by atoms with Crippen molar-refractivity contribution in [2.75, 3.05) is 7.11 Å². The molecule has 3 aromatic rings. The number of methoxy groups -OCH3 is 1. The van der Waals surface area contributed by atoms with Gasteiger partial charge in [0.2, 0.25) is 0 Å². The number of furan rings is 1. The highest BCUT2D eigenvalue weighted by Gasteiger charge is 2.35. The third kappa shape index (κ3) is 5.26. The zero-order valence-electron chi connectivity index (χ0n) is 18.8. The molecular weight excluding hydrogens is 420 g/mol.